The van der Waals surface area contributed by atoms with Gasteiger partial charge in [-0.1, -0.05) is 5.21 Å². The molecule has 0 bridgehead atoms. The van der Waals surface area contributed by atoms with Gasteiger partial charge in [-0.2, -0.15) is 0 Å². The highest BCUT2D eigenvalue weighted by Gasteiger charge is 2.13. The standard InChI is InChI=1S/C16H17N5O/c1-3-21-15-5-4-13(10-14(15)19-20-21)16(22)18-11(2)12-6-8-17-9-7-12/h4-11H,3H2,1-2H3,(H,18,22). The number of amides is 1. The Morgan fingerprint density at radius 2 is 2.05 bits per heavy atom. The van der Waals surface area contributed by atoms with E-state index in [9.17, 15) is 4.79 Å². The summed E-state index contributed by atoms with van der Waals surface area (Å²) in [6.07, 6.45) is 3.43. The molecule has 6 nitrogen and oxygen atoms in total. The lowest BCUT2D eigenvalue weighted by Crippen LogP contribution is -2.26. The minimum absolute atomic E-state index is 0.0856. The van der Waals surface area contributed by atoms with Gasteiger partial charge in [0.05, 0.1) is 11.6 Å². The van der Waals surface area contributed by atoms with E-state index in [1.54, 1.807) is 29.2 Å². The molecular formula is C16H17N5O. The molecule has 0 fully saturated rings. The van der Waals surface area contributed by atoms with Crippen LogP contribution >= 0.6 is 0 Å². The number of benzene rings is 1. The van der Waals surface area contributed by atoms with Crippen molar-refractivity contribution in [3.8, 4) is 0 Å². The minimum Gasteiger partial charge on any atom is -0.346 e. The van der Waals surface area contributed by atoms with Crippen molar-refractivity contribution in [2.45, 2.75) is 26.4 Å². The van der Waals surface area contributed by atoms with Crippen molar-refractivity contribution < 1.29 is 4.79 Å². The van der Waals surface area contributed by atoms with E-state index in [-0.39, 0.29) is 11.9 Å². The van der Waals surface area contributed by atoms with Crippen LogP contribution in [-0.4, -0.2) is 25.9 Å². The molecule has 6 heteroatoms. The Labute approximate surface area is 128 Å². The molecule has 112 valence electrons. The van der Waals surface area contributed by atoms with Crippen LogP contribution in [0.5, 0.6) is 0 Å². The molecule has 1 amide bonds. The average Bonchev–Trinajstić information content (AvgIpc) is 2.97. The smallest absolute Gasteiger partial charge is 0.251 e. The maximum Gasteiger partial charge on any atom is 0.251 e. The summed E-state index contributed by atoms with van der Waals surface area (Å²) in [6, 6.07) is 9.14. The van der Waals surface area contributed by atoms with Crippen LogP contribution in [0.25, 0.3) is 11.0 Å². The summed E-state index contributed by atoms with van der Waals surface area (Å²) in [5.74, 6) is -0.128. The monoisotopic (exact) mass is 295 g/mol. The predicted octanol–water partition coefficient (Wildman–Crippen LogP) is 2.34. The van der Waals surface area contributed by atoms with Crippen molar-refractivity contribution in [1.82, 2.24) is 25.3 Å². The van der Waals surface area contributed by atoms with Crippen LogP contribution in [0.4, 0.5) is 0 Å². The SMILES string of the molecule is CCn1nnc2cc(C(=O)NC(C)c3ccncc3)ccc21. The summed E-state index contributed by atoms with van der Waals surface area (Å²) in [5.41, 5.74) is 3.25. The third-order valence-electron chi connectivity index (χ3n) is 3.63. The molecule has 0 aliphatic carbocycles. The van der Waals surface area contributed by atoms with Crippen LogP contribution in [0.3, 0.4) is 0 Å². The van der Waals surface area contributed by atoms with E-state index in [4.69, 9.17) is 0 Å². The highest BCUT2D eigenvalue weighted by molar-refractivity contribution is 5.97. The molecule has 22 heavy (non-hydrogen) atoms. The van der Waals surface area contributed by atoms with Crippen molar-refractivity contribution in [3.05, 3.63) is 53.9 Å². The molecule has 0 saturated heterocycles. The molecule has 2 heterocycles. The number of fused-ring (bicyclic) bond motifs is 1. The van der Waals surface area contributed by atoms with Gasteiger partial charge in [-0.05, 0) is 49.7 Å². The second kappa shape index (κ2) is 5.93. The van der Waals surface area contributed by atoms with Gasteiger partial charge < -0.3 is 5.32 Å². The van der Waals surface area contributed by atoms with Gasteiger partial charge in [0.2, 0.25) is 0 Å². The molecule has 1 N–H and O–H groups in total. The Kier molecular flexibility index (Phi) is 3.82. The Bertz CT molecular complexity index is 797. The highest BCUT2D eigenvalue weighted by Crippen LogP contribution is 2.15. The number of pyridine rings is 1. The lowest BCUT2D eigenvalue weighted by molar-refractivity contribution is 0.0940. The number of hydrogen-bond acceptors (Lipinski definition) is 4. The van der Waals surface area contributed by atoms with E-state index >= 15 is 0 Å². The molecule has 3 rings (SSSR count). The van der Waals surface area contributed by atoms with Crippen molar-refractivity contribution in [2.24, 2.45) is 0 Å². The van der Waals surface area contributed by atoms with Crippen molar-refractivity contribution in [2.75, 3.05) is 0 Å². The van der Waals surface area contributed by atoms with E-state index in [0.29, 0.717) is 5.56 Å². The molecule has 1 atom stereocenters. The van der Waals surface area contributed by atoms with Crippen LogP contribution in [0.1, 0.15) is 35.8 Å². The fraction of sp³-hybridized carbons (Fsp3) is 0.250. The van der Waals surface area contributed by atoms with Crippen LogP contribution in [0.15, 0.2) is 42.7 Å². The molecule has 1 aromatic carbocycles. The first-order chi connectivity index (χ1) is 10.7. The Morgan fingerprint density at radius 1 is 1.27 bits per heavy atom. The number of aryl methyl sites for hydroxylation is 1. The Morgan fingerprint density at radius 3 is 2.77 bits per heavy atom. The predicted molar refractivity (Wildman–Crippen MR) is 83.3 cm³/mol. The van der Waals surface area contributed by atoms with Crippen LogP contribution in [0, 0.1) is 0 Å². The zero-order valence-electron chi connectivity index (χ0n) is 12.5. The number of carbonyl (C=O) groups is 1. The quantitative estimate of drug-likeness (QED) is 0.802. The van der Waals surface area contributed by atoms with Crippen LogP contribution in [-0.2, 0) is 6.54 Å². The van der Waals surface area contributed by atoms with E-state index in [2.05, 4.69) is 20.6 Å². The van der Waals surface area contributed by atoms with Gasteiger partial charge in [0.25, 0.3) is 5.91 Å². The Balaban J connectivity index is 1.80. The molecule has 3 aromatic rings. The number of rotatable bonds is 4. The number of aromatic nitrogens is 4. The average molecular weight is 295 g/mol. The van der Waals surface area contributed by atoms with Crippen molar-refractivity contribution >= 4 is 16.9 Å². The molecular weight excluding hydrogens is 278 g/mol. The van der Waals surface area contributed by atoms with Gasteiger partial charge in [-0.25, -0.2) is 4.68 Å². The molecule has 0 radical (unpaired) electrons. The normalized spacial score (nSPS) is 12.3. The maximum absolute atomic E-state index is 12.4. The van der Waals surface area contributed by atoms with Crippen molar-refractivity contribution in [1.29, 1.82) is 0 Å². The molecule has 0 saturated carbocycles. The van der Waals surface area contributed by atoms with E-state index in [1.807, 2.05) is 32.0 Å². The van der Waals surface area contributed by atoms with Crippen LogP contribution in [0.2, 0.25) is 0 Å². The van der Waals surface area contributed by atoms with Gasteiger partial charge in [0.15, 0.2) is 0 Å². The first-order valence-corrected chi connectivity index (χ1v) is 7.23. The molecule has 0 aliphatic rings. The molecule has 1 unspecified atom stereocenters. The molecule has 0 aliphatic heterocycles. The number of carbonyl (C=O) groups excluding carboxylic acids is 1. The zero-order valence-corrected chi connectivity index (χ0v) is 12.5. The van der Waals surface area contributed by atoms with Gasteiger partial charge in [-0.15, -0.1) is 5.10 Å². The summed E-state index contributed by atoms with van der Waals surface area (Å²) >= 11 is 0. The first kappa shape index (κ1) is 14.2. The second-order valence-corrected chi connectivity index (χ2v) is 5.08. The topological polar surface area (TPSA) is 72.7 Å². The summed E-state index contributed by atoms with van der Waals surface area (Å²) in [5, 5.41) is 11.1. The summed E-state index contributed by atoms with van der Waals surface area (Å²) < 4.78 is 1.80. The minimum atomic E-state index is -0.128. The third-order valence-corrected chi connectivity index (χ3v) is 3.63. The molecule has 2 aromatic heterocycles. The maximum atomic E-state index is 12.4. The van der Waals surface area contributed by atoms with E-state index < -0.39 is 0 Å². The fourth-order valence-electron chi connectivity index (χ4n) is 2.36. The molecule has 0 spiro atoms. The van der Waals surface area contributed by atoms with Gasteiger partial charge in [0, 0.05) is 24.5 Å². The van der Waals surface area contributed by atoms with Gasteiger partial charge >= 0.3 is 0 Å². The van der Waals surface area contributed by atoms with E-state index in [1.165, 1.54) is 0 Å². The number of nitrogens with zero attached hydrogens (tertiary/aromatic N) is 4. The lowest BCUT2D eigenvalue weighted by atomic mass is 10.1. The van der Waals surface area contributed by atoms with E-state index in [0.717, 1.165) is 23.1 Å². The lowest BCUT2D eigenvalue weighted by Gasteiger charge is -2.14. The first-order valence-electron chi connectivity index (χ1n) is 7.23. The highest BCUT2D eigenvalue weighted by atomic mass is 16.1. The zero-order chi connectivity index (χ0) is 15.5. The number of nitrogens with one attached hydrogen (secondary N) is 1. The van der Waals surface area contributed by atoms with Gasteiger partial charge in [0.1, 0.15) is 5.52 Å². The number of hydrogen-bond donors (Lipinski definition) is 1. The fourth-order valence-corrected chi connectivity index (χ4v) is 2.36. The van der Waals surface area contributed by atoms with Crippen LogP contribution < -0.4 is 5.32 Å². The summed E-state index contributed by atoms with van der Waals surface area (Å²) in [7, 11) is 0. The second-order valence-electron chi connectivity index (χ2n) is 5.08. The third kappa shape index (κ3) is 2.67. The van der Waals surface area contributed by atoms with Crippen molar-refractivity contribution in [3.63, 3.8) is 0 Å². The Hall–Kier alpha value is -2.76. The van der Waals surface area contributed by atoms with Gasteiger partial charge in [-0.3, -0.25) is 9.78 Å². The summed E-state index contributed by atoms with van der Waals surface area (Å²) in [4.78, 5) is 16.3. The largest absolute Gasteiger partial charge is 0.346 e. The summed E-state index contributed by atoms with van der Waals surface area (Å²) in [6.45, 7) is 4.70.